The van der Waals surface area contributed by atoms with Crippen molar-refractivity contribution in [3.63, 3.8) is 0 Å². The second-order valence-corrected chi connectivity index (χ2v) is 6.84. The Hall–Kier alpha value is -3.94. The van der Waals surface area contributed by atoms with Crippen LogP contribution in [0.2, 0.25) is 0 Å². The Morgan fingerprint density at radius 2 is 2.06 bits per heavy atom. The van der Waals surface area contributed by atoms with E-state index in [4.69, 9.17) is 10.6 Å². The Morgan fingerprint density at radius 3 is 2.74 bits per heavy atom. The van der Waals surface area contributed by atoms with Crippen molar-refractivity contribution in [2.45, 2.75) is 13.3 Å². The summed E-state index contributed by atoms with van der Waals surface area (Å²) in [4.78, 5) is 13.7. The third-order valence-electron chi connectivity index (χ3n) is 4.39. The first-order valence-corrected chi connectivity index (χ1v) is 9.72. The Balaban J connectivity index is 1.61. The fourth-order valence-corrected chi connectivity index (χ4v) is 2.77. The highest BCUT2D eigenvalue weighted by Crippen LogP contribution is 2.19. The summed E-state index contributed by atoms with van der Waals surface area (Å²) in [5, 5.41) is 6.86. The van der Waals surface area contributed by atoms with Gasteiger partial charge in [-0.25, -0.2) is 14.4 Å². The van der Waals surface area contributed by atoms with E-state index in [1.165, 1.54) is 12.1 Å². The Labute approximate surface area is 180 Å². The highest BCUT2D eigenvalue weighted by atomic mass is 19.1. The summed E-state index contributed by atoms with van der Waals surface area (Å²) >= 11 is 0. The number of nitrogens with two attached hydrogens (primary N) is 1. The van der Waals surface area contributed by atoms with Crippen LogP contribution in [0.1, 0.15) is 12.1 Å². The highest BCUT2D eigenvalue weighted by Gasteiger charge is 2.10. The van der Waals surface area contributed by atoms with Gasteiger partial charge < -0.3 is 20.5 Å². The highest BCUT2D eigenvalue weighted by molar-refractivity contribution is 5.92. The van der Waals surface area contributed by atoms with E-state index >= 15 is 0 Å². The molecule has 1 aliphatic heterocycles. The number of imidazole rings is 1. The number of benzene rings is 1. The number of oxime groups is 1. The predicted octanol–water partition coefficient (Wildman–Crippen LogP) is 4.04. The van der Waals surface area contributed by atoms with Crippen molar-refractivity contribution in [1.82, 2.24) is 9.55 Å². The van der Waals surface area contributed by atoms with Crippen LogP contribution in [0, 0.1) is 12.7 Å². The second kappa shape index (κ2) is 10.7. The molecule has 8 heteroatoms. The van der Waals surface area contributed by atoms with Crippen LogP contribution in [0.4, 0.5) is 10.1 Å². The summed E-state index contributed by atoms with van der Waals surface area (Å²) in [6.07, 6.45) is 13.5. The molecule has 0 amide bonds. The molecule has 0 fully saturated rings. The molecule has 0 unspecified atom stereocenters. The lowest BCUT2D eigenvalue weighted by molar-refractivity contribution is 0.161. The first-order chi connectivity index (χ1) is 15.0. The number of nitrogens with zero attached hydrogens (tertiary/aromatic N) is 4. The third-order valence-corrected chi connectivity index (χ3v) is 4.39. The van der Waals surface area contributed by atoms with Crippen molar-refractivity contribution in [2.24, 2.45) is 15.9 Å². The lowest BCUT2D eigenvalue weighted by Crippen LogP contribution is -2.11. The minimum Gasteiger partial charge on any atom is -0.391 e. The van der Waals surface area contributed by atoms with Crippen molar-refractivity contribution in [1.29, 1.82) is 0 Å². The Bertz CT molecular complexity index is 1060. The fraction of sp³-hybridized carbons (Fsp3) is 0.174. The lowest BCUT2D eigenvalue weighted by Gasteiger charge is -2.14. The lowest BCUT2D eigenvalue weighted by atomic mass is 10.1. The predicted molar refractivity (Wildman–Crippen MR) is 123 cm³/mol. The number of halogens is 1. The molecule has 31 heavy (non-hydrogen) atoms. The Kier molecular flexibility index (Phi) is 7.53. The van der Waals surface area contributed by atoms with Gasteiger partial charge in [-0.1, -0.05) is 23.9 Å². The molecule has 0 radical (unpaired) electrons. The zero-order valence-corrected chi connectivity index (χ0v) is 17.3. The normalized spacial score (nSPS) is 16.0. The van der Waals surface area contributed by atoms with Gasteiger partial charge in [0.2, 0.25) is 0 Å². The number of rotatable bonds is 8. The molecular formula is C23H25FN6O. The number of aryl methyl sites for hydroxylation is 1. The van der Waals surface area contributed by atoms with E-state index in [1.54, 1.807) is 36.8 Å². The van der Waals surface area contributed by atoms with E-state index in [0.717, 1.165) is 28.2 Å². The molecule has 2 aromatic rings. The topological polar surface area (TPSA) is 89.8 Å². The standard InChI is InChI=1S/C23H25FN6O/c1-17(4-10-23(25)27-15-26-21-7-5-20(24)6-8-21)3-9-22(19-11-12-29-31-14-19)30-13-18(2)28-16-30/h3-10,12-13,16,26H,1,11,14-15H2,2H3,(H2,25,27)/b9-3-,10-4+,22-19-. The largest absolute Gasteiger partial charge is 0.391 e. The maximum absolute atomic E-state index is 12.9. The van der Waals surface area contributed by atoms with Crippen molar-refractivity contribution in [3.8, 4) is 0 Å². The smallest absolute Gasteiger partial charge is 0.140 e. The SMILES string of the molecule is C=C(/C=C\C(=C1/CC=NOC1)n1cnc(C)c1)/C=C/C(N)=N/CNc1ccc(F)cc1. The van der Waals surface area contributed by atoms with Crippen LogP contribution >= 0.6 is 0 Å². The molecule has 3 rings (SSSR count). The number of allylic oxidation sites excluding steroid dienone is 5. The van der Waals surface area contributed by atoms with Gasteiger partial charge >= 0.3 is 0 Å². The van der Waals surface area contributed by atoms with E-state index < -0.39 is 0 Å². The average molecular weight is 420 g/mol. The van der Waals surface area contributed by atoms with Crippen molar-refractivity contribution < 1.29 is 9.23 Å². The molecule has 3 N–H and O–H groups in total. The Morgan fingerprint density at radius 1 is 1.29 bits per heavy atom. The number of aromatic nitrogens is 2. The fourth-order valence-electron chi connectivity index (χ4n) is 2.77. The van der Waals surface area contributed by atoms with Crippen molar-refractivity contribution in [2.75, 3.05) is 18.6 Å². The maximum atomic E-state index is 12.9. The van der Waals surface area contributed by atoms with Crippen LogP contribution in [0.3, 0.4) is 0 Å². The summed E-state index contributed by atoms with van der Waals surface area (Å²) in [6, 6.07) is 6.04. The number of hydrogen-bond donors (Lipinski definition) is 2. The number of amidine groups is 1. The van der Waals surface area contributed by atoms with Gasteiger partial charge in [0.1, 0.15) is 24.9 Å². The molecule has 1 aromatic heterocycles. The van der Waals surface area contributed by atoms with Gasteiger partial charge in [0.25, 0.3) is 0 Å². The molecule has 0 aliphatic carbocycles. The second-order valence-electron chi connectivity index (χ2n) is 6.84. The van der Waals surface area contributed by atoms with Gasteiger partial charge in [-0.05, 0) is 54.5 Å². The average Bonchev–Trinajstić information content (AvgIpc) is 3.20. The quantitative estimate of drug-likeness (QED) is 0.383. The molecule has 160 valence electrons. The minimum absolute atomic E-state index is 0.280. The zero-order chi connectivity index (χ0) is 22.1. The monoisotopic (exact) mass is 420 g/mol. The van der Waals surface area contributed by atoms with Crippen LogP contribution in [0.25, 0.3) is 5.70 Å². The molecule has 0 saturated heterocycles. The molecule has 0 bridgehead atoms. The third kappa shape index (κ3) is 6.81. The van der Waals surface area contributed by atoms with Gasteiger partial charge in [-0.3, -0.25) is 0 Å². The molecular weight excluding hydrogens is 395 g/mol. The number of aliphatic imine (C=N–C) groups is 1. The molecule has 0 saturated carbocycles. The van der Waals surface area contributed by atoms with Gasteiger partial charge in [-0.2, -0.15) is 0 Å². The van der Waals surface area contributed by atoms with E-state index in [9.17, 15) is 4.39 Å². The van der Waals surface area contributed by atoms with E-state index in [0.29, 0.717) is 18.9 Å². The minimum atomic E-state index is -0.283. The number of nitrogens with one attached hydrogen (secondary N) is 1. The van der Waals surface area contributed by atoms with Gasteiger partial charge in [0.05, 0.1) is 12.0 Å². The summed E-state index contributed by atoms with van der Waals surface area (Å²) in [5.41, 5.74) is 10.4. The molecule has 0 atom stereocenters. The van der Waals surface area contributed by atoms with Crippen LogP contribution in [-0.4, -0.2) is 34.9 Å². The molecule has 7 nitrogen and oxygen atoms in total. The van der Waals surface area contributed by atoms with Crippen LogP contribution in [0.5, 0.6) is 0 Å². The summed E-state index contributed by atoms with van der Waals surface area (Å²) in [7, 11) is 0. The van der Waals surface area contributed by atoms with Crippen molar-refractivity contribution >= 4 is 23.4 Å². The van der Waals surface area contributed by atoms with E-state index in [2.05, 4.69) is 27.0 Å². The van der Waals surface area contributed by atoms with Crippen molar-refractivity contribution in [3.05, 3.63) is 90.3 Å². The molecule has 0 spiro atoms. The van der Waals surface area contributed by atoms with E-state index in [1.807, 2.05) is 29.8 Å². The van der Waals surface area contributed by atoms with Gasteiger partial charge in [0.15, 0.2) is 0 Å². The molecule has 1 aliphatic rings. The first-order valence-electron chi connectivity index (χ1n) is 9.72. The zero-order valence-electron chi connectivity index (χ0n) is 17.3. The van der Waals surface area contributed by atoms with E-state index in [-0.39, 0.29) is 12.5 Å². The van der Waals surface area contributed by atoms with Crippen LogP contribution in [0.15, 0.2) is 89.0 Å². The van der Waals surface area contributed by atoms with Crippen LogP contribution < -0.4 is 11.1 Å². The van der Waals surface area contributed by atoms with Gasteiger partial charge in [-0.15, -0.1) is 0 Å². The first kappa shape index (κ1) is 21.8. The molecule has 1 aromatic carbocycles. The summed E-state index contributed by atoms with van der Waals surface area (Å²) in [6.45, 7) is 6.69. The summed E-state index contributed by atoms with van der Waals surface area (Å²) < 4.78 is 14.9. The van der Waals surface area contributed by atoms with Crippen LogP contribution in [-0.2, 0) is 4.84 Å². The number of hydrogen-bond acceptors (Lipinski definition) is 5. The summed E-state index contributed by atoms with van der Waals surface area (Å²) in [5.74, 6) is 0.0686. The number of anilines is 1. The maximum Gasteiger partial charge on any atom is 0.140 e. The van der Waals surface area contributed by atoms with Gasteiger partial charge in [0, 0.05) is 30.2 Å². The molecule has 2 heterocycles.